The number of thiazole rings is 1. The summed E-state index contributed by atoms with van der Waals surface area (Å²) in [6, 6.07) is 9.31. The van der Waals surface area contributed by atoms with E-state index < -0.39 is 5.97 Å². The Bertz CT molecular complexity index is 847. The van der Waals surface area contributed by atoms with Gasteiger partial charge in [0.25, 0.3) is 0 Å². The maximum absolute atomic E-state index is 11.0. The molecule has 0 bridgehead atoms. The molecule has 0 radical (unpaired) electrons. The molecule has 130 valence electrons. The van der Waals surface area contributed by atoms with Gasteiger partial charge in [-0.2, -0.15) is 5.10 Å². The second-order valence-electron chi connectivity index (χ2n) is 5.27. The number of hydrogen-bond acceptors (Lipinski definition) is 7. The fourth-order valence-electron chi connectivity index (χ4n) is 2.27. The molecule has 0 aliphatic rings. The van der Waals surface area contributed by atoms with Gasteiger partial charge in [0, 0.05) is 11.8 Å². The Hall–Kier alpha value is -2.94. The number of aromatic nitrogens is 4. The van der Waals surface area contributed by atoms with Crippen LogP contribution in [-0.4, -0.2) is 30.8 Å². The van der Waals surface area contributed by atoms with Gasteiger partial charge in [0.1, 0.15) is 24.7 Å². The van der Waals surface area contributed by atoms with Crippen molar-refractivity contribution in [2.75, 3.05) is 5.73 Å². The minimum absolute atomic E-state index is 0.174. The summed E-state index contributed by atoms with van der Waals surface area (Å²) in [6.07, 6.45) is 1.14. The Morgan fingerprint density at radius 3 is 2.72 bits per heavy atom. The highest BCUT2D eigenvalue weighted by Crippen LogP contribution is 2.14. The van der Waals surface area contributed by atoms with Crippen molar-refractivity contribution in [3.8, 4) is 5.75 Å². The molecule has 1 aromatic carbocycles. The Balaban J connectivity index is 1.69. The molecule has 0 saturated heterocycles. The summed E-state index contributed by atoms with van der Waals surface area (Å²) in [5.41, 5.74) is 6.48. The van der Waals surface area contributed by atoms with Gasteiger partial charge in [-0.1, -0.05) is 18.2 Å². The molecule has 0 spiro atoms. The molecule has 2 aromatic heterocycles. The maximum atomic E-state index is 11.0. The molecule has 3 N–H and O–H groups in total. The Labute approximate surface area is 147 Å². The summed E-state index contributed by atoms with van der Waals surface area (Å²) in [4.78, 5) is 19.6. The van der Waals surface area contributed by atoms with Crippen LogP contribution in [0.4, 0.5) is 5.13 Å². The average molecular weight is 359 g/mol. The van der Waals surface area contributed by atoms with E-state index in [1.807, 2.05) is 35.7 Å². The lowest BCUT2D eigenvalue weighted by atomic mass is 10.2. The van der Waals surface area contributed by atoms with Gasteiger partial charge in [0.05, 0.1) is 5.69 Å². The molecule has 0 amide bonds. The van der Waals surface area contributed by atoms with E-state index in [0.717, 1.165) is 5.69 Å². The standard InChI is InChI=1S/C16H17N5O3S/c17-16-18-11(10-25-16)6-7-14-19-13(20-21(14)8-15(22)23)9-24-12-4-2-1-3-5-12/h1-5,10H,6-9H2,(H2,17,18)(H,22,23). The zero-order valence-corrected chi connectivity index (χ0v) is 14.1. The number of para-hydroxylation sites is 1. The Morgan fingerprint density at radius 1 is 1.24 bits per heavy atom. The van der Waals surface area contributed by atoms with Gasteiger partial charge in [0.15, 0.2) is 11.0 Å². The summed E-state index contributed by atoms with van der Waals surface area (Å²) in [5, 5.41) is 15.7. The summed E-state index contributed by atoms with van der Waals surface area (Å²) < 4.78 is 7.01. The van der Waals surface area contributed by atoms with Gasteiger partial charge in [-0.25, -0.2) is 14.6 Å². The molecule has 3 aromatic rings. The zero-order valence-electron chi connectivity index (χ0n) is 13.3. The molecule has 0 saturated carbocycles. The van der Waals surface area contributed by atoms with Crippen LogP contribution in [0.15, 0.2) is 35.7 Å². The van der Waals surface area contributed by atoms with Crippen LogP contribution in [0, 0.1) is 0 Å². The highest BCUT2D eigenvalue weighted by molar-refractivity contribution is 7.13. The first-order valence-electron chi connectivity index (χ1n) is 7.62. The second kappa shape index (κ2) is 7.75. The van der Waals surface area contributed by atoms with Crippen molar-refractivity contribution in [1.82, 2.24) is 19.7 Å². The molecular formula is C16H17N5O3S. The molecule has 0 unspecified atom stereocenters. The monoisotopic (exact) mass is 359 g/mol. The summed E-state index contributed by atoms with van der Waals surface area (Å²) in [6.45, 7) is -0.0693. The lowest BCUT2D eigenvalue weighted by Gasteiger charge is -2.02. The number of nitrogens with two attached hydrogens (primary N) is 1. The van der Waals surface area contributed by atoms with Crippen molar-refractivity contribution in [1.29, 1.82) is 0 Å². The van der Waals surface area contributed by atoms with Crippen LogP contribution in [0.5, 0.6) is 5.75 Å². The van der Waals surface area contributed by atoms with Crippen molar-refractivity contribution >= 4 is 22.4 Å². The third-order valence-corrected chi connectivity index (χ3v) is 4.09. The van der Waals surface area contributed by atoms with Gasteiger partial charge in [-0.3, -0.25) is 4.79 Å². The fraction of sp³-hybridized carbons (Fsp3) is 0.250. The molecule has 8 nitrogen and oxygen atoms in total. The van der Waals surface area contributed by atoms with E-state index in [9.17, 15) is 4.79 Å². The fourth-order valence-corrected chi connectivity index (χ4v) is 2.87. The molecule has 25 heavy (non-hydrogen) atoms. The van der Waals surface area contributed by atoms with Gasteiger partial charge >= 0.3 is 5.97 Å². The number of carbonyl (C=O) groups is 1. The molecule has 0 aliphatic heterocycles. The number of aliphatic carboxylic acids is 1. The van der Waals surface area contributed by atoms with Crippen molar-refractivity contribution in [3.05, 3.63) is 53.1 Å². The predicted molar refractivity (Wildman–Crippen MR) is 92.4 cm³/mol. The number of aryl methyl sites for hydroxylation is 2. The SMILES string of the molecule is Nc1nc(CCc2nc(COc3ccccc3)nn2CC(=O)O)cs1. The third-order valence-electron chi connectivity index (χ3n) is 3.36. The normalized spacial score (nSPS) is 10.7. The summed E-state index contributed by atoms with van der Waals surface area (Å²) in [7, 11) is 0. The van der Waals surface area contributed by atoms with Crippen molar-refractivity contribution in [3.63, 3.8) is 0 Å². The van der Waals surface area contributed by atoms with E-state index in [1.165, 1.54) is 16.0 Å². The number of ether oxygens (including phenoxy) is 1. The highest BCUT2D eigenvalue weighted by atomic mass is 32.1. The van der Waals surface area contributed by atoms with Gasteiger partial charge in [0.2, 0.25) is 0 Å². The summed E-state index contributed by atoms with van der Waals surface area (Å²) in [5.74, 6) is 0.759. The van der Waals surface area contributed by atoms with Crippen LogP contribution in [0.3, 0.4) is 0 Å². The first-order chi connectivity index (χ1) is 12.1. The van der Waals surface area contributed by atoms with Crippen LogP contribution in [0.2, 0.25) is 0 Å². The van der Waals surface area contributed by atoms with Crippen molar-refractivity contribution in [2.45, 2.75) is 26.0 Å². The Morgan fingerprint density at radius 2 is 2.04 bits per heavy atom. The van der Waals surface area contributed by atoms with Gasteiger partial charge < -0.3 is 15.6 Å². The largest absolute Gasteiger partial charge is 0.486 e. The summed E-state index contributed by atoms with van der Waals surface area (Å²) >= 11 is 1.38. The number of nitrogens with zero attached hydrogens (tertiary/aromatic N) is 4. The number of rotatable bonds is 8. The first-order valence-corrected chi connectivity index (χ1v) is 8.50. The van der Waals surface area contributed by atoms with Gasteiger partial charge in [-0.15, -0.1) is 11.3 Å². The Kier molecular flexibility index (Phi) is 5.24. The molecule has 0 aliphatic carbocycles. The van der Waals surface area contributed by atoms with Crippen molar-refractivity contribution < 1.29 is 14.6 Å². The van der Waals surface area contributed by atoms with E-state index in [0.29, 0.717) is 35.4 Å². The molecule has 3 rings (SSSR count). The maximum Gasteiger partial charge on any atom is 0.325 e. The molecule has 2 heterocycles. The molecule has 0 atom stereocenters. The van der Waals surface area contributed by atoms with E-state index in [1.54, 1.807) is 0 Å². The van der Waals surface area contributed by atoms with Crippen LogP contribution in [0.25, 0.3) is 0 Å². The van der Waals surface area contributed by atoms with Crippen LogP contribution >= 0.6 is 11.3 Å². The minimum atomic E-state index is -0.973. The molecular weight excluding hydrogens is 342 g/mol. The predicted octanol–water partition coefficient (Wildman–Crippen LogP) is 1.77. The average Bonchev–Trinajstić information content (AvgIpc) is 3.17. The number of carboxylic acids is 1. The molecule has 9 heteroatoms. The van der Waals surface area contributed by atoms with Gasteiger partial charge in [-0.05, 0) is 18.6 Å². The molecule has 0 fully saturated rings. The van der Waals surface area contributed by atoms with Crippen molar-refractivity contribution in [2.24, 2.45) is 0 Å². The lowest BCUT2D eigenvalue weighted by Crippen LogP contribution is -2.14. The number of carboxylic acid groups (broad SMARTS) is 1. The van der Waals surface area contributed by atoms with Crippen LogP contribution in [0.1, 0.15) is 17.3 Å². The second-order valence-corrected chi connectivity index (χ2v) is 6.16. The lowest BCUT2D eigenvalue weighted by molar-refractivity contribution is -0.137. The van der Waals surface area contributed by atoms with E-state index in [2.05, 4.69) is 15.1 Å². The van der Waals surface area contributed by atoms with Crippen LogP contribution in [-0.2, 0) is 30.8 Å². The number of benzene rings is 1. The highest BCUT2D eigenvalue weighted by Gasteiger charge is 2.14. The quantitative estimate of drug-likeness (QED) is 0.629. The van der Waals surface area contributed by atoms with E-state index in [-0.39, 0.29) is 13.2 Å². The number of anilines is 1. The van der Waals surface area contributed by atoms with E-state index >= 15 is 0 Å². The van der Waals surface area contributed by atoms with E-state index in [4.69, 9.17) is 15.6 Å². The minimum Gasteiger partial charge on any atom is -0.486 e. The number of hydrogen-bond donors (Lipinski definition) is 2. The smallest absolute Gasteiger partial charge is 0.325 e. The number of nitrogen functional groups attached to an aromatic ring is 1. The first kappa shape index (κ1) is 16.9. The zero-order chi connectivity index (χ0) is 17.6. The third kappa shape index (κ3) is 4.77. The van der Waals surface area contributed by atoms with Crippen LogP contribution < -0.4 is 10.5 Å². The topological polar surface area (TPSA) is 116 Å².